The second kappa shape index (κ2) is 31.3. The zero-order chi connectivity index (χ0) is 65.4. The molecule has 93 heavy (non-hydrogen) atoms. The molecule has 0 unspecified atom stereocenters. The number of amides is 3. The minimum atomic E-state index is -0.635. The van der Waals surface area contributed by atoms with Crippen molar-refractivity contribution >= 4 is 144 Å². The summed E-state index contributed by atoms with van der Waals surface area (Å²) in [5, 5.41) is 22.1. The maximum Gasteiger partial charge on any atom is 0.363 e. The number of nitrogens with one attached hydrogen (secondary N) is 1. The van der Waals surface area contributed by atoms with Crippen molar-refractivity contribution in [2.45, 2.75) is 78.0 Å². The van der Waals surface area contributed by atoms with Crippen LogP contribution in [0, 0.1) is 0 Å². The van der Waals surface area contributed by atoms with Gasteiger partial charge in [-0.3, -0.25) is 14.4 Å². The van der Waals surface area contributed by atoms with Crippen molar-refractivity contribution in [3.8, 4) is 0 Å². The summed E-state index contributed by atoms with van der Waals surface area (Å²) in [6, 6.07) is 18.9. The lowest BCUT2D eigenvalue weighted by Gasteiger charge is -2.21. The highest BCUT2D eigenvalue weighted by Crippen LogP contribution is 2.26. The zero-order valence-electron chi connectivity index (χ0n) is 48.8. The van der Waals surface area contributed by atoms with Crippen LogP contribution in [0.2, 0.25) is 25.8 Å². The van der Waals surface area contributed by atoms with Crippen LogP contribution in [0.5, 0.6) is 0 Å². The van der Waals surface area contributed by atoms with Crippen LogP contribution >= 0.6 is 58.0 Å². The van der Waals surface area contributed by atoms with Gasteiger partial charge in [-0.05, 0) is 63.5 Å². The van der Waals surface area contributed by atoms with Crippen molar-refractivity contribution in [3.63, 3.8) is 0 Å². The number of ether oxygens (including phenoxy) is 2. The lowest BCUT2D eigenvalue weighted by molar-refractivity contribution is 0.0201. The van der Waals surface area contributed by atoms with Crippen molar-refractivity contribution in [2.24, 2.45) is 0 Å². The topological polar surface area (TPSA) is 381 Å². The molecule has 11 heterocycles. The molecule has 14 rings (SSSR count). The Kier molecular flexibility index (Phi) is 22.2. The molecule has 0 atom stereocenters. The normalized spacial score (nSPS) is 12.8. The fourth-order valence-corrected chi connectivity index (χ4v) is 9.69. The fourth-order valence-electron chi connectivity index (χ4n) is 9.02. The number of hydrogen-bond acceptors (Lipinski definition) is 27. The zero-order valence-corrected chi connectivity index (χ0v) is 52.6. The average molecular weight is 1370 g/mol. The van der Waals surface area contributed by atoms with Gasteiger partial charge in [0.25, 0.3) is 46.3 Å². The van der Waals surface area contributed by atoms with Gasteiger partial charge in [0, 0.05) is 32.7 Å². The molecule has 3 amide bonds. The second-order valence-corrected chi connectivity index (χ2v) is 21.7. The molecule has 12 aromatic rings. The van der Waals surface area contributed by atoms with E-state index in [0.29, 0.717) is 30.7 Å². The van der Waals surface area contributed by atoms with Gasteiger partial charge < -0.3 is 47.2 Å². The maximum atomic E-state index is 12.1. The van der Waals surface area contributed by atoms with E-state index in [9.17, 15) is 24.0 Å². The van der Waals surface area contributed by atoms with E-state index in [1.807, 2.05) is 74.5 Å². The van der Waals surface area contributed by atoms with Gasteiger partial charge in [0.15, 0.2) is 44.7 Å². The summed E-state index contributed by atoms with van der Waals surface area (Å²) in [4.78, 5) is 103. The third kappa shape index (κ3) is 16.7. The van der Waals surface area contributed by atoms with E-state index >= 15 is 0 Å². The van der Waals surface area contributed by atoms with Crippen LogP contribution in [0.1, 0.15) is 122 Å². The van der Waals surface area contributed by atoms with E-state index in [4.69, 9.17) is 90.1 Å². The molecule has 10 aromatic heterocycles. The Bertz CT molecular complexity index is 4360. The number of halogens is 5. The Hall–Kier alpha value is -10.0. The molecule has 1 N–H and O–H groups in total. The molecule has 478 valence electrons. The van der Waals surface area contributed by atoms with Crippen LogP contribution in [-0.2, 0) is 22.6 Å². The molecule has 2 fully saturated rings. The number of carbonyl (C=O) groups is 5. The SMILES string of the molecule is CCN(CC)C(=O)c1noc2ncc(Cl)nc12.O=C(NCc1ccccc1)c1noc2ncc(Cl)nc12.O=C(OC1CCCCC1)c1noc2ncc(Cl)nc12.O=C(OCc1ccccc1)c1noc2ncc(Cl)nc12.O=C(c1noc2ncc(Cl)nc12)N1CCCC1. The van der Waals surface area contributed by atoms with E-state index in [0.717, 1.165) is 62.7 Å². The number of likely N-dealkylation sites (tertiary alicyclic amines) is 1. The van der Waals surface area contributed by atoms with Crippen LogP contribution in [0.25, 0.3) is 56.2 Å². The Morgan fingerprint density at radius 3 is 1.34 bits per heavy atom. The van der Waals surface area contributed by atoms with Crippen LogP contribution < -0.4 is 5.32 Å². The van der Waals surface area contributed by atoms with Gasteiger partial charge in [0.05, 0.1) is 31.0 Å². The van der Waals surface area contributed by atoms with Gasteiger partial charge >= 0.3 is 11.9 Å². The minimum absolute atomic E-state index is 0.0362. The monoisotopic (exact) mass is 1360 g/mol. The maximum absolute atomic E-state index is 12.1. The molecule has 30 nitrogen and oxygen atoms in total. The minimum Gasteiger partial charge on any atom is -0.458 e. The Balaban J connectivity index is 0.000000127. The van der Waals surface area contributed by atoms with Crippen LogP contribution in [0.15, 0.2) is 114 Å². The Labute approximate surface area is 549 Å². The van der Waals surface area contributed by atoms with Crippen molar-refractivity contribution < 1.29 is 56.1 Å². The number of aromatic nitrogens is 15. The van der Waals surface area contributed by atoms with Crippen LogP contribution in [0.3, 0.4) is 0 Å². The van der Waals surface area contributed by atoms with Gasteiger partial charge in [0.1, 0.15) is 38.5 Å². The number of carbonyl (C=O) groups excluding carboxylic acids is 5. The smallest absolute Gasteiger partial charge is 0.363 e. The lowest BCUT2D eigenvalue weighted by Crippen LogP contribution is -2.30. The molecule has 1 aliphatic heterocycles. The third-order valence-electron chi connectivity index (χ3n) is 13.6. The summed E-state index contributed by atoms with van der Waals surface area (Å²) in [6.45, 7) is 7.01. The lowest BCUT2D eigenvalue weighted by atomic mass is 9.98. The first kappa shape index (κ1) is 65.9. The van der Waals surface area contributed by atoms with Crippen LogP contribution in [0.4, 0.5) is 0 Å². The van der Waals surface area contributed by atoms with Crippen molar-refractivity contribution in [1.29, 1.82) is 0 Å². The number of esters is 2. The first-order valence-electron chi connectivity index (χ1n) is 28.4. The van der Waals surface area contributed by atoms with Crippen molar-refractivity contribution in [2.75, 3.05) is 26.2 Å². The molecule has 1 aliphatic carbocycles. The standard InChI is InChI=1S/C13H9ClN4O2.C13H8ClN3O3.C12H12ClN3O3.C10H9ClN4O2.C10H11ClN4O2/c14-9-7-16-13-11(17-9)10(18-20-13)12(19)15-6-8-4-2-1-3-5-8;14-9-6-15-12-10(16-9)11(17-20-12)13(18)19-7-8-4-2-1-3-5-8;13-8-6-14-11-9(15-8)10(16-19-11)12(17)18-7-4-2-1-3-5-7;11-6-5-12-9-7(13-6)8(14-17-9)10(16)15-3-1-2-4-15;1-3-15(4-2)10(16)8-7-9(17-14-8)12-5-6(11)13-7/h1-5,7H,6H2,(H,15,19);1-6H,7H2;6-7H,1-5H2;5H,1-4H2;5H,3-4H2,1-2H3. The van der Waals surface area contributed by atoms with Crippen molar-refractivity contribution in [1.82, 2.24) is 90.7 Å². The molecule has 2 aliphatic rings. The summed E-state index contributed by atoms with van der Waals surface area (Å²) in [6.07, 6.45) is 13.9. The molecular weight excluding hydrogens is 1320 g/mol. The van der Waals surface area contributed by atoms with Gasteiger partial charge in [-0.1, -0.05) is 151 Å². The Morgan fingerprint density at radius 2 is 0.882 bits per heavy atom. The van der Waals surface area contributed by atoms with E-state index in [2.05, 4.69) is 80.9 Å². The summed E-state index contributed by atoms with van der Waals surface area (Å²) in [7, 11) is 0. The second-order valence-electron chi connectivity index (χ2n) is 19.8. The van der Waals surface area contributed by atoms with Crippen LogP contribution in [-0.4, -0.2) is 147 Å². The molecule has 1 saturated carbocycles. The highest BCUT2D eigenvalue weighted by Gasteiger charge is 2.28. The molecule has 35 heteroatoms. The summed E-state index contributed by atoms with van der Waals surface area (Å²) >= 11 is 28.7. The molecule has 2 aromatic carbocycles. The van der Waals surface area contributed by atoms with E-state index in [1.54, 1.807) is 9.80 Å². The summed E-state index contributed by atoms with van der Waals surface area (Å²) in [5.41, 5.74) is 4.54. The average Bonchev–Trinajstić information content (AvgIpc) is 1.76. The Morgan fingerprint density at radius 1 is 0.495 bits per heavy atom. The number of hydrogen-bond donors (Lipinski definition) is 1. The summed E-state index contributed by atoms with van der Waals surface area (Å²) < 4.78 is 35.2. The van der Waals surface area contributed by atoms with Gasteiger partial charge in [-0.2, -0.15) is 0 Å². The molecule has 1 saturated heterocycles. The first-order chi connectivity index (χ1) is 45.1. The summed E-state index contributed by atoms with van der Waals surface area (Å²) in [5.74, 6) is -1.95. The van der Waals surface area contributed by atoms with Gasteiger partial charge in [0.2, 0.25) is 11.4 Å². The first-order valence-corrected chi connectivity index (χ1v) is 30.3. The molecule has 0 bridgehead atoms. The quantitative estimate of drug-likeness (QED) is 0.111. The predicted molar refractivity (Wildman–Crippen MR) is 331 cm³/mol. The third-order valence-corrected chi connectivity index (χ3v) is 14.5. The largest absolute Gasteiger partial charge is 0.458 e. The number of rotatable bonds is 12. The predicted octanol–water partition coefficient (Wildman–Crippen LogP) is 10.9. The van der Waals surface area contributed by atoms with E-state index in [1.165, 1.54) is 37.4 Å². The molecule has 0 radical (unpaired) electrons. The highest BCUT2D eigenvalue weighted by atomic mass is 35.5. The number of benzene rings is 2. The van der Waals surface area contributed by atoms with Crippen molar-refractivity contribution in [3.05, 3.63) is 157 Å². The van der Waals surface area contributed by atoms with E-state index < -0.39 is 11.9 Å². The number of nitrogens with zero attached hydrogens (tertiary/aromatic N) is 17. The highest BCUT2D eigenvalue weighted by molar-refractivity contribution is 6.31. The molecular formula is C58H49Cl5N18O12. The number of fused-ring (bicyclic) bond motifs is 5. The van der Waals surface area contributed by atoms with E-state index in [-0.39, 0.29) is 130 Å². The van der Waals surface area contributed by atoms with Gasteiger partial charge in [-0.25, -0.2) is 59.4 Å². The van der Waals surface area contributed by atoms with Gasteiger partial charge in [-0.15, -0.1) is 0 Å². The molecule has 0 spiro atoms. The fraction of sp³-hybridized carbons (Fsp3) is 0.276.